The third-order valence-electron chi connectivity index (χ3n) is 5.28. The van der Waals surface area contributed by atoms with E-state index >= 15 is 0 Å². The Morgan fingerprint density at radius 2 is 1.76 bits per heavy atom. The van der Waals surface area contributed by atoms with Crippen molar-refractivity contribution in [1.82, 2.24) is 35.1 Å². The SMILES string of the molecule is Oc1cncc(-c2cc3c(-c4nc5nccc(-c6cc(O)cc(F)c6)c5[nH]4)n[nH]c3cn2)c1. The topological polar surface area (TPSA) is 136 Å². The lowest BCUT2D eigenvalue weighted by atomic mass is 10.1. The molecule has 0 amide bonds. The lowest BCUT2D eigenvalue weighted by Crippen LogP contribution is -1.86. The largest absolute Gasteiger partial charge is 0.508 e. The number of imidazole rings is 1. The van der Waals surface area contributed by atoms with Gasteiger partial charge in [0.25, 0.3) is 0 Å². The van der Waals surface area contributed by atoms with E-state index in [1.54, 1.807) is 30.7 Å². The summed E-state index contributed by atoms with van der Waals surface area (Å²) in [5, 5.41) is 27.7. The lowest BCUT2D eigenvalue weighted by Gasteiger charge is -2.04. The van der Waals surface area contributed by atoms with Gasteiger partial charge in [0.1, 0.15) is 23.0 Å². The van der Waals surface area contributed by atoms with Gasteiger partial charge in [-0.3, -0.25) is 15.1 Å². The second kappa shape index (κ2) is 7.09. The van der Waals surface area contributed by atoms with Crippen molar-refractivity contribution in [1.29, 1.82) is 0 Å². The van der Waals surface area contributed by atoms with Crippen LogP contribution in [-0.2, 0) is 0 Å². The summed E-state index contributed by atoms with van der Waals surface area (Å²) in [4.78, 5) is 20.5. The van der Waals surface area contributed by atoms with Crippen LogP contribution in [0.25, 0.3) is 56.0 Å². The lowest BCUT2D eigenvalue weighted by molar-refractivity contribution is 0.469. The zero-order chi connectivity index (χ0) is 22.5. The van der Waals surface area contributed by atoms with Crippen molar-refractivity contribution in [2.45, 2.75) is 0 Å². The molecule has 160 valence electrons. The van der Waals surface area contributed by atoms with Gasteiger partial charge in [0.2, 0.25) is 0 Å². The number of fused-ring (bicyclic) bond motifs is 2. The van der Waals surface area contributed by atoms with Crippen molar-refractivity contribution >= 4 is 22.1 Å². The van der Waals surface area contributed by atoms with Gasteiger partial charge >= 0.3 is 0 Å². The van der Waals surface area contributed by atoms with Crippen molar-refractivity contribution in [3.8, 4) is 45.4 Å². The Balaban J connectivity index is 1.51. The third-order valence-corrected chi connectivity index (χ3v) is 5.28. The molecule has 10 heteroatoms. The number of H-pyrrole nitrogens is 2. The van der Waals surface area contributed by atoms with Gasteiger partial charge in [-0.05, 0) is 35.9 Å². The Bertz CT molecular complexity index is 1650. The van der Waals surface area contributed by atoms with E-state index in [2.05, 4.69) is 35.1 Å². The fourth-order valence-electron chi connectivity index (χ4n) is 3.82. The number of halogens is 1. The molecule has 5 aromatic heterocycles. The molecule has 0 radical (unpaired) electrons. The van der Waals surface area contributed by atoms with Crippen LogP contribution in [0.1, 0.15) is 0 Å². The molecule has 6 aromatic rings. The highest BCUT2D eigenvalue weighted by molar-refractivity contribution is 5.96. The van der Waals surface area contributed by atoms with Gasteiger partial charge in [-0.2, -0.15) is 5.10 Å². The van der Waals surface area contributed by atoms with Crippen LogP contribution in [0.15, 0.2) is 61.2 Å². The molecule has 0 saturated carbocycles. The van der Waals surface area contributed by atoms with Gasteiger partial charge in [0.15, 0.2) is 11.5 Å². The van der Waals surface area contributed by atoms with E-state index in [9.17, 15) is 14.6 Å². The predicted octanol–water partition coefficient (Wildman–Crippen LogP) is 4.18. The number of phenolic OH excluding ortho intramolecular Hbond substituents is 1. The maximum atomic E-state index is 13.9. The maximum Gasteiger partial charge on any atom is 0.178 e. The molecule has 0 aliphatic rings. The Morgan fingerprint density at radius 3 is 2.61 bits per heavy atom. The first-order valence-electron chi connectivity index (χ1n) is 9.89. The fourth-order valence-corrected chi connectivity index (χ4v) is 3.82. The number of nitrogens with one attached hydrogen (secondary N) is 2. The molecule has 0 unspecified atom stereocenters. The molecule has 0 aliphatic carbocycles. The van der Waals surface area contributed by atoms with E-state index in [0.29, 0.717) is 50.6 Å². The Hall–Kier alpha value is -4.86. The van der Waals surface area contributed by atoms with Crippen LogP contribution in [0.3, 0.4) is 0 Å². The predicted molar refractivity (Wildman–Crippen MR) is 119 cm³/mol. The van der Waals surface area contributed by atoms with Crippen LogP contribution < -0.4 is 0 Å². The zero-order valence-corrected chi connectivity index (χ0v) is 16.8. The molecule has 5 heterocycles. The van der Waals surface area contributed by atoms with Crippen molar-refractivity contribution < 1.29 is 14.6 Å². The van der Waals surface area contributed by atoms with Crippen molar-refractivity contribution in [3.05, 3.63) is 67.0 Å². The number of aromatic amines is 2. The molecule has 0 spiro atoms. The smallest absolute Gasteiger partial charge is 0.178 e. The van der Waals surface area contributed by atoms with E-state index in [1.807, 2.05) is 6.07 Å². The Kier molecular flexibility index (Phi) is 4.06. The van der Waals surface area contributed by atoms with Crippen LogP contribution in [0.5, 0.6) is 11.5 Å². The van der Waals surface area contributed by atoms with Gasteiger partial charge in [0, 0.05) is 35.0 Å². The third kappa shape index (κ3) is 3.21. The molecule has 0 saturated heterocycles. The van der Waals surface area contributed by atoms with Gasteiger partial charge in [0.05, 0.1) is 29.1 Å². The minimum atomic E-state index is -0.547. The second-order valence-electron chi connectivity index (χ2n) is 7.46. The average molecular weight is 439 g/mol. The van der Waals surface area contributed by atoms with E-state index < -0.39 is 5.82 Å². The van der Waals surface area contributed by atoms with Crippen molar-refractivity contribution in [2.24, 2.45) is 0 Å². The molecule has 0 fully saturated rings. The number of pyridine rings is 3. The van der Waals surface area contributed by atoms with Crippen LogP contribution in [0.4, 0.5) is 4.39 Å². The van der Waals surface area contributed by atoms with E-state index in [1.165, 1.54) is 18.3 Å². The number of phenols is 1. The zero-order valence-electron chi connectivity index (χ0n) is 16.8. The van der Waals surface area contributed by atoms with Crippen LogP contribution in [-0.4, -0.2) is 45.3 Å². The minimum Gasteiger partial charge on any atom is -0.508 e. The highest BCUT2D eigenvalue weighted by Crippen LogP contribution is 2.33. The first-order chi connectivity index (χ1) is 16.0. The summed E-state index contributed by atoms with van der Waals surface area (Å²) < 4.78 is 13.9. The average Bonchev–Trinajstić information content (AvgIpc) is 3.41. The van der Waals surface area contributed by atoms with Crippen LogP contribution >= 0.6 is 0 Å². The molecule has 4 N–H and O–H groups in total. The first kappa shape index (κ1) is 18.9. The minimum absolute atomic E-state index is 0.0427. The standard InChI is InChI=1S/C23H14FN7O2/c24-13-3-11(4-14(32)6-13)16-1-2-26-22-20(16)28-23(29-22)21-17-7-18(27-10-19(17)30-31-21)12-5-15(33)9-25-8-12/h1-10,32-33H,(H,30,31)(H,26,28,29). The summed E-state index contributed by atoms with van der Waals surface area (Å²) in [6.45, 7) is 0. The van der Waals surface area contributed by atoms with Gasteiger partial charge in [-0.15, -0.1) is 0 Å². The molecule has 9 nitrogen and oxygen atoms in total. The normalized spacial score (nSPS) is 11.4. The molecule has 1 aromatic carbocycles. The summed E-state index contributed by atoms with van der Waals surface area (Å²) in [5.74, 6) is -0.215. The monoisotopic (exact) mass is 439 g/mol. The number of benzene rings is 1. The highest BCUT2D eigenvalue weighted by atomic mass is 19.1. The molecular weight excluding hydrogens is 425 g/mol. The van der Waals surface area contributed by atoms with Gasteiger partial charge in [-0.25, -0.2) is 14.4 Å². The molecule has 0 atom stereocenters. The fraction of sp³-hybridized carbons (Fsp3) is 0. The first-order valence-corrected chi connectivity index (χ1v) is 9.89. The van der Waals surface area contributed by atoms with Gasteiger partial charge < -0.3 is 15.2 Å². The maximum absolute atomic E-state index is 13.9. The summed E-state index contributed by atoms with van der Waals surface area (Å²) in [7, 11) is 0. The number of aromatic hydroxyl groups is 2. The summed E-state index contributed by atoms with van der Waals surface area (Å²) in [5.41, 5.74) is 4.65. The quantitative estimate of drug-likeness (QED) is 0.325. The Morgan fingerprint density at radius 1 is 0.879 bits per heavy atom. The molecular formula is C23H14FN7O2. The van der Waals surface area contributed by atoms with Crippen LogP contribution in [0, 0.1) is 5.82 Å². The number of aromatic nitrogens is 7. The summed E-state index contributed by atoms with van der Waals surface area (Å²) in [6.07, 6.45) is 6.18. The van der Waals surface area contributed by atoms with E-state index in [-0.39, 0.29) is 11.5 Å². The molecule has 33 heavy (non-hydrogen) atoms. The summed E-state index contributed by atoms with van der Waals surface area (Å²) in [6, 6.07) is 8.98. The molecule has 0 aliphatic heterocycles. The van der Waals surface area contributed by atoms with Crippen molar-refractivity contribution in [3.63, 3.8) is 0 Å². The van der Waals surface area contributed by atoms with Gasteiger partial charge in [-0.1, -0.05) is 0 Å². The Labute approximate surface area is 184 Å². The van der Waals surface area contributed by atoms with Crippen LogP contribution in [0.2, 0.25) is 0 Å². The number of hydrogen-bond acceptors (Lipinski definition) is 7. The number of nitrogens with zero attached hydrogens (tertiary/aromatic N) is 5. The number of hydrogen-bond donors (Lipinski definition) is 4. The molecule has 0 bridgehead atoms. The highest BCUT2D eigenvalue weighted by Gasteiger charge is 2.17. The second-order valence-corrected chi connectivity index (χ2v) is 7.46. The molecule has 6 rings (SSSR count). The van der Waals surface area contributed by atoms with E-state index in [0.717, 1.165) is 11.5 Å². The number of rotatable bonds is 3. The summed E-state index contributed by atoms with van der Waals surface area (Å²) >= 11 is 0. The van der Waals surface area contributed by atoms with Crippen molar-refractivity contribution in [2.75, 3.05) is 0 Å². The van der Waals surface area contributed by atoms with E-state index in [4.69, 9.17) is 0 Å².